The van der Waals surface area contributed by atoms with Gasteiger partial charge in [0.05, 0.1) is 10.6 Å². The summed E-state index contributed by atoms with van der Waals surface area (Å²) >= 11 is 1.70. The van der Waals surface area contributed by atoms with E-state index in [1.54, 1.807) is 23.9 Å². The number of hydrogen-bond acceptors (Lipinski definition) is 5. The first kappa shape index (κ1) is 16.8. The molecule has 2 rings (SSSR count). The molecule has 0 aromatic heterocycles. The van der Waals surface area contributed by atoms with Crippen molar-refractivity contribution in [2.75, 3.05) is 37.3 Å². The molecule has 20 heavy (non-hydrogen) atoms. The Morgan fingerprint density at radius 1 is 1.45 bits per heavy atom. The predicted molar refractivity (Wildman–Crippen MR) is 85.9 cm³/mol. The average molecular weight is 297 g/mol. The molecule has 0 bridgehead atoms. The Kier molecular flexibility index (Phi) is 7.40. The highest BCUT2D eigenvalue weighted by molar-refractivity contribution is 7.99. The normalized spacial score (nSPS) is 13.2. The smallest absolute Gasteiger partial charge is 0.270 e. The molecule has 1 N–H and O–H groups in total. The predicted octanol–water partition coefficient (Wildman–Crippen LogP) is 3.14. The van der Waals surface area contributed by atoms with Crippen LogP contribution in [0.1, 0.15) is 20.3 Å². The summed E-state index contributed by atoms with van der Waals surface area (Å²) in [5.74, 6) is 0.994. The van der Waals surface area contributed by atoms with Crippen molar-refractivity contribution in [3.8, 4) is 0 Å². The maximum Gasteiger partial charge on any atom is 0.270 e. The zero-order valence-corrected chi connectivity index (χ0v) is 13.2. The molecule has 1 aliphatic heterocycles. The molecular formula is C14H23N3O2S. The van der Waals surface area contributed by atoms with Crippen LogP contribution in [0.15, 0.2) is 23.1 Å². The molecule has 1 aliphatic rings. The largest absolute Gasteiger partial charge is 0.370 e. The second kappa shape index (κ2) is 8.81. The monoisotopic (exact) mass is 297 g/mol. The van der Waals surface area contributed by atoms with Gasteiger partial charge < -0.3 is 10.2 Å². The zero-order valence-electron chi connectivity index (χ0n) is 12.4. The molecule has 0 fully saturated rings. The van der Waals surface area contributed by atoms with Crippen LogP contribution in [0.4, 0.5) is 11.4 Å². The number of rotatable bonds is 5. The summed E-state index contributed by atoms with van der Waals surface area (Å²) in [5, 5.41) is 13.9. The maximum atomic E-state index is 10.8. The molecule has 5 nitrogen and oxygen atoms in total. The van der Waals surface area contributed by atoms with E-state index in [4.69, 9.17) is 0 Å². The highest BCUT2D eigenvalue weighted by Gasteiger charge is 2.19. The molecule has 0 spiro atoms. The van der Waals surface area contributed by atoms with E-state index in [1.807, 2.05) is 27.0 Å². The van der Waals surface area contributed by atoms with Gasteiger partial charge in [-0.15, -0.1) is 11.8 Å². The number of nitro benzene ring substituents is 1. The second-order valence-electron chi connectivity index (χ2n) is 4.20. The molecular weight excluding hydrogens is 274 g/mol. The minimum Gasteiger partial charge on any atom is -0.370 e. The molecule has 1 aromatic rings. The fourth-order valence-electron chi connectivity index (χ4n) is 2.06. The van der Waals surface area contributed by atoms with E-state index in [9.17, 15) is 10.1 Å². The van der Waals surface area contributed by atoms with Gasteiger partial charge in [0.25, 0.3) is 5.69 Å². The van der Waals surface area contributed by atoms with Crippen molar-refractivity contribution in [2.45, 2.75) is 25.2 Å². The molecule has 0 radical (unpaired) electrons. The third-order valence-electron chi connectivity index (χ3n) is 2.97. The highest BCUT2D eigenvalue weighted by Crippen LogP contribution is 2.37. The van der Waals surface area contributed by atoms with Gasteiger partial charge in [0.2, 0.25) is 0 Å². The topological polar surface area (TPSA) is 58.4 Å². The summed E-state index contributed by atoms with van der Waals surface area (Å²) < 4.78 is 0. The summed E-state index contributed by atoms with van der Waals surface area (Å²) in [6.07, 6.45) is 1.08. The first-order valence-corrected chi connectivity index (χ1v) is 8.01. The molecule has 0 saturated heterocycles. The van der Waals surface area contributed by atoms with Crippen molar-refractivity contribution in [1.82, 2.24) is 5.32 Å². The molecule has 1 aromatic carbocycles. The van der Waals surface area contributed by atoms with Crippen LogP contribution >= 0.6 is 11.8 Å². The Labute approximate surface area is 124 Å². The summed E-state index contributed by atoms with van der Waals surface area (Å²) in [6.45, 7) is 7.00. The van der Waals surface area contributed by atoms with E-state index in [2.05, 4.69) is 10.2 Å². The molecule has 0 aliphatic carbocycles. The second-order valence-corrected chi connectivity index (χ2v) is 5.34. The Bertz CT molecular complexity index is 440. The third-order valence-corrected chi connectivity index (χ3v) is 3.99. The zero-order chi connectivity index (χ0) is 15.0. The van der Waals surface area contributed by atoms with Crippen LogP contribution in [0.3, 0.4) is 0 Å². The fraction of sp³-hybridized carbons (Fsp3) is 0.571. The average Bonchev–Trinajstić information content (AvgIpc) is 2.49. The summed E-state index contributed by atoms with van der Waals surface area (Å²) in [5.41, 5.74) is 1.31. The van der Waals surface area contributed by atoms with Gasteiger partial charge in [-0.05, 0) is 26.1 Å². The highest BCUT2D eigenvalue weighted by atomic mass is 32.2. The van der Waals surface area contributed by atoms with Crippen LogP contribution in [0, 0.1) is 10.1 Å². The number of anilines is 1. The first-order chi connectivity index (χ1) is 9.72. The van der Waals surface area contributed by atoms with Crippen molar-refractivity contribution >= 4 is 23.1 Å². The van der Waals surface area contributed by atoms with Crippen LogP contribution < -0.4 is 10.2 Å². The molecule has 0 amide bonds. The summed E-state index contributed by atoms with van der Waals surface area (Å²) in [4.78, 5) is 13.8. The summed E-state index contributed by atoms with van der Waals surface area (Å²) in [7, 11) is 1.95. The standard InChI is InChI=1S/C12H17N3O2S.C2H6/c1-13-5-2-6-14-7-8-18-12-9-10(15(16)17)3-4-11(12)14;1-2/h3-4,9,13H,2,5-8H2,1H3;1-2H3. The van der Waals surface area contributed by atoms with Crippen molar-refractivity contribution in [2.24, 2.45) is 0 Å². The van der Waals surface area contributed by atoms with Gasteiger partial charge in [-0.2, -0.15) is 0 Å². The Hall–Kier alpha value is -1.27. The van der Waals surface area contributed by atoms with Crippen LogP contribution in [-0.4, -0.2) is 37.4 Å². The Morgan fingerprint density at radius 2 is 2.20 bits per heavy atom. The SMILES string of the molecule is CC.CNCCCN1CCSc2cc([N+](=O)[O-])ccc21. The molecule has 1 heterocycles. The van der Waals surface area contributed by atoms with Crippen molar-refractivity contribution in [3.05, 3.63) is 28.3 Å². The lowest BCUT2D eigenvalue weighted by molar-refractivity contribution is -0.385. The number of hydrogen-bond donors (Lipinski definition) is 1. The van der Waals surface area contributed by atoms with E-state index < -0.39 is 0 Å². The van der Waals surface area contributed by atoms with E-state index >= 15 is 0 Å². The van der Waals surface area contributed by atoms with Crippen LogP contribution in [-0.2, 0) is 0 Å². The van der Waals surface area contributed by atoms with Gasteiger partial charge >= 0.3 is 0 Å². The first-order valence-electron chi connectivity index (χ1n) is 7.03. The lowest BCUT2D eigenvalue weighted by atomic mass is 10.2. The minimum absolute atomic E-state index is 0.179. The van der Waals surface area contributed by atoms with Crippen LogP contribution in [0.5, 0.6) is 0 Å². The molecule has 6 heteroatoms. The fourth-order valence-corrected chi connectivity index (χ4v) is 3.14. The Balaban J connectivity index is 0.000000956. The number of nitrogens with one attached hydrogen (secondary N) is 1. The molecule has 112 valence electrons. The quantitative estimate of drug-likeness (QED) is 0.514. The number of benzene rings is 1. The number of fused-ring (bicyclic) bond motifs is 1. The van der Waals surface area contributed by atoms with Crippen molar-refractivity contribution in [1.29, 1.82) is 0 Å². The number of thioether (sulfide) groups is 1. The molecule has 0 atom stereocenters. The van der Waals surface area contributed by atoms with Gasteiger partial charge in [-0.1, -0.05) is 13.8 Å². The van der Waals surface area contributed by atoms with Crippen molar-refractivity contribution < 1.29 is 4.92 Å². The maximum absolute atomic E-state index is 10.8. The summed E-state index contributed by atoms with van der Waals surface area (Å²) in [6, 6.07) is 5.15. The lowest BCUT2D eigenvalue weighted by Gasteiger charge is -2.30. The van der Waals surface area contributed by atoms with Crippen molar-refractivity contribution in [3.63, 3.8) is 0 Å². The van der Waals surface area contributed by atoms with Gasteiger partial charge in [-0.25, -0.2) is 0 Å². The Morgan fingerprint density at radius 3 is 2.85 bits per heavy atom. The number of nitrogens with zero attached hydrogens (tertiary/aromatic N) is 2. The van der Waals surface area contributed by atoms with Gasteiger partial charge in [0.15, 0.2) is 0 Å². The van der Waals surface area contributed by atoms with Crippen LogP contribution in [0.2, 0.25) is 0 Å². The lowest BCUT2D eigenvalue weighted by Crippen LogP contribution is -2.31. The number of nitro groups is 1. The minimum atomic E-state index is -0.333. The van der Waals surface area contributed by atoms with E-state index in [-0.39, 0.29) is 10.6 Å². The number of non-ortho nitro benzene ring substituents is 1. The van der Waals surface area contributed by atoms with Gasteiger partial charge in [-0.3, -0.25) is 10.1 Å². The van der Waals surface area contributed by atoms with Gasteiger partial charge in [0.1, 0.15) is 0 Å². The van der Waals surface area contributed by atoms with Crippen LogP contribution in [0.25, 0.3) is 0 Å². The molecule has 0 saturated carbocycles. The molecule has 0 unspecified atom stereocenters. The third kappa shape index (κ3) is 4.38. The van der Waals surface area contributed by atoms with E-state index in [0.29, 0.717) is 0 Å². The van der Waals surface area contributed by atoms with Gasteiger partial charge in [0, 0.05) is 35.9 Å². The van der Waals surface area contributed by atoms with E-state index in [0.717, 1.165) is 42.4 Å². The van der Waals surface area contributed by atoms with E-state index in [1.165, 1.54) is 0 Å².